The maximum Gasteiger partial charge on any atom is 0.251 e. The number of amides is 2. The van der Waals surface area contributed by atoms with Crippen molar-refractivity contribution in [2.75, 3.05) is 12.4 Å². The van der Waals surface area contributed by atoms with Gasteiger partial charge >= 0.3 is 0 Å². The molecule has 6 heteroatoms. The van der Waals surface area contributed by atoms with Crippen molar-refractivity contribution in [2.45, 2.75) is 19.5 Å². The number of carbonyl (C=O) groups excluding carboxylic acids is 2. The van der Waals surface area contributed by atoms with Crippen molar-refractivity contribution in [3.8, 4) is 0 Å². The van der Waals surface area contributed by atoms with Crippen LogP contribution in [0.2, 0.25) is 0 Å². The molecule has 0 bridgehead atoms. The van der Waals surface area contributed by atoms with E-state index in [0.29, 0.717) is 17.1 Å². The van der Waals surface area contributed by atoms with Crippen molar-refractivity contribution in [1.29, 1.82) is 0 Å². The fraction of sp³-hybridized carbons (Fsp3) is 0.250. The van der Waals surface area contributed by atoms with Crippen LogP contribution in [-0.4, -0.2) is 29.8 Å². The molecule has 0 saturated heterocycles. The Morgan fingerprint density at radius 3 is 2.59 bits per heavy atom. The highest BCUT2D eigenvalue weighted by atomic mass is 32.1. The van der Waals surface area contributed by atoms with Crippen LogP contribution in [-0.2, 0) is 11.3 Å². The Bertz CT molecular complexity index is 654. The molecule has 116 valence electrons. The molecule has 2 rings (SSSR count). The molecular weight excluding hydrogens is 298 g/mol. The lowest BCUT2D eigenvalue weighted by atomic mass is 10.2. The summed E-state index contributed by atoms with van der Waals surface area (Å²) in [7, 11) is 1.89. The van der Waals surface area contributed by atoms with Gasteiger partial charge in [0.1, 0.15) is 5.00 Å². The third-order valence-corrected chi connectivity index (χ3v) is 4.31. The van der Waals surface area contributed by atoms with E-state index in [1.54, 1.807) is 11.4 Å². The predicted octanol–water partition coefficient (Wildman–Crippen LogP) is 2.31. The lowest BCUT2D eigenvalue weighted by Gasteiger charge is -2.23. The molecule has 1 heterocycles. The molecule has 0 spiro atoms. The Labute approximate surface area is 133 Å². The Balaban J connectivity index is 1.99. The van der Waals surface area contributed by atoms with Crippen LogP contribution in [0.4, 0.5) is 5.00 Å². The van der Waals surface area contributed by atoms with Crippen LogP contribution >= 0.6 is 11.3 Å². The summed E-state index contributed by atoms with van der Waals surface area (Å²) in [4.78, 5) is 25.5. The summed E-state index contributed by atoms with van der Waals surface area (Å²) in [6, 6.07) is 11.2. The van der Waals surface area contributed by atoms with Gasteiger partial charge in [0.05, 0.1) is 11.6 Å². The molecule has 0 fully saturated rings. The number of carbonyl (C=O) groups is 2. The molecule has 1 atom stereocenters. The van der Waals surface area contributed by atoms with Crippen molar-refractivity contribution >= 4 is 28.2 Å². The van der Waals surface area contributed by atoms with Crippen LogP contribution in [0.3, 0.4) is 0 Å². The van der Waals surface area contributed by atoms with Gasteiger partial charge in [-0.25, -0.2) is 0 Å². The molecule has 1 aromatic carbocycles. The van der Waals surface area contributed by atoms with Crippen molar-refractivity contribution in [3.05, 3.63) is 52.9 Å². The second-order valence-corrected chi connectivity index (χ2v) is 6.01. The van der Waals surface area contributed by atoms with Gasteiger partial charge in [-0.05, 0) is 31.0 Å². The summed E-state index contributed by atoms with van der Waals surface area (Å²) in [6.07, 6.45) is 0. The normalized spacial score (nSPS) is 12.1. The van der Waals surface area contributed by atoms with Crippen molar-refractivity contribution in [3.63, 3.8) is 0 Å². The number of rotatable bonds is 6. The van der Waals surface area contributed by atoms with Gasteiger partial charge in [0.15, 0.2) is 0 Å². The fourth-order valence-corrected chi connectivity index (χ4v) is 2.82. The van der Waals surface area contributed by atoms with E-state index in [-0.39, 0.29) is 11.9 Å². The number of nitrogens with one attached hydrogen (secondary N) is 1. The highest BCUT2D eigenvalue weighted by Gasteiger charge is 2.20. The lowest BCUT2D eigenvalue weighted by Crippen LogP contribution is -2.39. The second-order valence-electron chi connectivity index (χ2n) is 5.09. The predicted molar refractivity (Wildman–Crippen MR) is 88.8 cm³/mol. The number of anilines is 1. The molecule has 0 radical (unpaired) electrons. The highest BCUT2D eigenvalue weighted by molar-refractivity contribution is 7.14. The van der Waals surface area contributed by atoms with Crippen LogP contribution in [0.1, 0.15) is 22.8 Å². The highest BCUT2D eigenvalue weighted by Crippen LogP contribution is 2.23. The van der Waals surface area contributed by atoms with Gasteiger partial charge < -0.3 is 11.1 Å². The number of nitrogens with two attached hydrogens (primary N) is 1. The number of benzene rings is 1. The molecule has 5 nitrogen and oxygen atoms in total. The van der Waals surface area contributed by atoms with E-state index in [1.807, 2.05) is 49.2 Å². The largest absolute Gasteiger partial charge is 0.366 e. The zero-order valence-corrected chi connectivity index (χ0v) is 13.4. The van der Waals surface area contributed by atoms with Crippen LogP contribution in [0.25, 0.3) is 0 Å². The number of primary amides is 1. The first kappa shape index (κ1) is 16.2. The van der Waals surface area contributed by atoms with Crippen molar-refractivity contribution in [2.24, 2.45) is 5.73 Å². The maximum atomic E-state index is 12.3. The first-order valence-corrected chi connectivity index (χ1v) is 7.79. The van der Waals surface area contributed by atoms with E-state index in [0.717, 1.165) is 5.56 Å². The minimum absolute atomic E-state index is 0.164. The van der Waals surface area contributed by atoms with Crippen molar-refractivity contribution < 1.29 is 9.59 Å². The van der Waals surface area contributed by atoms with E-state index in [1.165, 1.54) is 11.3 Å². The summed E-state index contributed by atoms with van der Waals surface area (Å²) < 4.78 is 0. The van der Waals surface area contributed by atoms with E-state index in [9.17, 15) is 9.59 Å². The van der Waals surface area contributed by atoms with E-state index in [4.69, 9.17) is 5.73 Å². The van der Waals surface area contributed by atoms with Crippen LogP contribution < -0.4 is 11.1 Å². The first-order valence-electron chi connectivity index (χ1n) is 6.91. The molecule has 0 aliphatic carbocycles. The molecule has 3 N–H and O–H groups in total. The monoisotopic (exact) mass is 317 g/mol. The van der Waals surface area contributed by atoms with Gasteiger partial charge in [-0.15, -0.1) is 11.3 Å². The minimum atomic E-state index is -0.540. The molecule has 0 aliphatic rings. The van der Waals surface area contributed by atoms with Crippen LogP contribution in [0, 0.1) is 0 Å². The lowest BCUT2D eigenvalue weighted by molar-refractivity contribution is -0.120. The Morgan fingerprint density at radius 2 is 1.95 bits per heavy atom. The number of hydrogen-bond donors (Lipinski definition) is 2. The Hall–Kier alpha value is -2.18. The van der Waals surface area contributed by atoms with E-state index in [2.05, 4.69) is 5.32 Å². The second kappa shape index (κ2) is 7.20. The third kappa shape index (κ3) is 3.93. The average Bonchev–Trinajstić information content (AvgIpc) is 2.95. The van der Waals surface area contributed by atoms with Gasteiger partial charge in [0.25, 0.3) is 5.91 Å². The number of thiophene rings is 1. The molecule has 0 aliphatic heterocycles. The third-order valence-electron chi connectivity index (χ3n) is 3.48. The molecule has 0 saturated carbocycles. The standard InChI is InChI=1S/C16H19N3O2S/c1-11(19(2)10-12-6-4-3-5-7-12)15(21)18-16-13(14(17)20)8-9-22-16/h3-9,11H,10H2,1-2H3,(H2,17,20)(H,18,21)/t11-/m1/s1. The van der Waals surface area contributed by atoms with E-state index < -0.39 is 5.91 Å². The summed E-state index contributed by atoms with van der Waals surface area (Å²) in [5.41, 5.74) is 6.76. The zero-order chi connectivity index (χ0) is 16.1. The van der Waals surface area contributed by atoms with Gasteiger partial charge in [0, 0.05) is 6.54 Å². The molecule has 2 amide bonds. The Kier molecular flexibility index (Phi) is 5.30. The number of nitrogens with zero attached hydrogens (tertiary/aromatic N) is 1. The first-order chi connectivity index (χ1) is 10.5. The molecular formula is C16H19N3O2S. The fourth-order valence-electron chi connectivity index (χ4n) is 2.02. The molecule has 0 unspecified atom stereocenters. The van der Waals surface area contributed by atoms with Gasteiger partial charge in [-0.2, -0.15) is 0 Å². The van der Waals surface area contributed by atoms with Crippen LogP contribution in [0.15, 0.2) is 41.8 Å². The summed E-state index contributed by atoms with van der Waals surface area (Å²) in [6.45, 7) is 2.50. The summed E-state index contributed by atoms with van der Waals surface area (Å²) >= 11 is 1.29. The summed E-state index contributed by atoms with van der Waals surface area (Å²) in [5.74, 6) is -0.703. The maximum absolute atomic E-state index is 12.3. The van der Waals surface area contributed by atoms with E-state index >= 15 is 0 Å². The van der Waals surface area contributed by atoms with Gasteiger partial charge in [0.2, 0.25) is 5.91 Å². The molecule has 2 aromatic rings. The summed E-state index contributed by atoms with van der Waals surface area (Å²) in [5, 5.41) is 5.00. The average molecular weight is 317 g/mol. The van der Waals surface area contributed by atoms with Gasteiger partial charge in [-0.1, -0.05) is 30.3 Å². The van der Waals surface area contributed by atoms with Crippen LogP contribution in [0.5, 0.6) is 0 Å². The van der Waals surface area contributed by atoms with Crippen molar-refractivity contribution in [1.82, 2.24) is 4.90 Å². The number of hydrogen-bond acceptors (Lipinski definition) is 4. The minimum Gasteiger partial charge on any atom is -0.366 e. The Morgan fingerprint density at radius 1 is 1.27 bits per heavy atom. The van der Waals surface area contributed by atoms with Gasteiger partial charge in [-0.3, -0.25) is 14.5 Å². The smallest absolute Gasteiger partial charge is 0.251 e. The molecule has 22 heavy (non-hydrogen) atoms. The molecule has 1 aromatic heterocycles. The zero-order valence-electron chi connectivity index (χ0n) is 12.6. The number of likely N-dealkylation sites (N-methyl/N-ethyl adjacent to an activating group) is 1. The quantitative estimate of drug-likeness (QED) is 0.858. The topological polar surface area (TPSA) is 75.4 Å². The SMILES string of the molecule is C[C@H](C(=O)Nc1sccc1C(N)=O)N(C)Cc1ccccc1.